The number of nitrogens with zero attached hydrogens (tertiary/aromatic N) is 1. The zero-order chi connectivity index (χ0) is 48.2. The summed E-state index contributed by atoms with van der Waals surface area (Å²) in [5.41, 5.74) is 1.26. The zero-order valence-corrected chi connectivity index (χ0v) is 41.1. The van der Waals surface area contributed by atoms with E-state index in [-0.39, 0.29) is 54.1 Å². The fourth-order valence-electron chi connectivity index (χ4n) is 9.74. The molecular weight excluding hydrogens is 855 g/mol. The number of allylic oxidation sites excluding steroid dienone is 6. The fourth-order valence-corrected chi connectivity index (χ4v) is 10.8. The van der Waals surface area contributed by atoms with Crippen LogP contribution in [0.5, 0.6) is 0 Å². The topological polar surface area (TPSA) is 195 Å². The zero-order valence-electron chi connectivity index (χ0n) is 40.3. The van der Waals surface area contributed by atoms with Gasteiger partial charge in [0.05, 0.1) is 24.4 Å². The van der Waals surface area contributed by atoms with Crippen LogP contribution in [0.3, 0.4) is 0 Å². The predicted molar refractivity (Wildman–Crippen MR) is 249 cm³/mol. The van der Waals surface area contributed by atoms with Gasteiger partial charge in [-0.05, 0) is 87.7 Å². The van der Waals surface area contributed by atoms with Crippen molar-refractivity contribution in [3.63, 3.8) is 0 Å². The number of ether oxygens (including phenoxy) is 5. The van der Waals surface area contributed by atoms with Gasteiger partial charge < -0.3 is 43.9 Å². The Morgan fingerprint density at radius 2 is 1.62 bits per heavy atom. The van der Waals surface area contributed by atoms with E-state index in [0.29, 0.717) is 56.3 Å². The summed E-state index contributed by atoms with van der Waals surface area (Å²) in [5, 5.41) is 33.8. The Kier molecular flexibility index (Phi) is 21.3. The quantitative estimate of drug-likeness (QED) is 0.166. The number of rotatable bonds is 6. The monoisotopic (exact) mass is 932 g/mol. The number of carbonyl (C=O) groups is 5. The molecule has 2 saturated heterocycles. The minimum atomic E-state index is -2.43. The van der Waals surface area contributed by atoms with E-state index in [1.807, 2.05) is 58.1 Å². The largest absolute Gasteiger partial charge is 0.460 e. The lowest BCUT2D eigenvalue weighted by molar-refractivity contribution is -0.265. The van der Waals surface area contributed by atoms with E-state index >= 15 is 0 Å². The van der Waals surface area contributed by atoms with Crippen LogP contribution in [-0.2, 0) is 47.7 Å². The molecule has 1 amide bonds. The van der Waals surface area contributed by atoms with Gasteiger partial charge in [0.15, 0.2) is 5.78 Å². The average Bonchev–Trinajstić information content (AvgIpc) is 3.28. The summed E-state index contributed by atoms with van der Waals surface area (Å²) in [6.45, 7) is 12.7. The second-order valence-electron chi connectivity index (χ2n) is 19.2. The molecule has 65 heavy (non-hydrogen) atoms. The number of esters is 1. The van der Waals surface area contributed by atoms with Gasteiger partial charge in [-0.1, -0.05) is 71.1 Å². The van der Waals surface area contributed by atoms with E-state index in [1.54, 1.807) is 41.1 Å². The lowest BCUT2D eigenvalue weighted by atomic mass is 9.78. The number of amides is 1. The Labute approximate surface area is 390 Å². The van der Waals surface area contributed by atoms with Gasteiger partial charge in [-0.2, -0.15) is 11.8 Å². The number of hydrogen-bond acceptors (Lipinski definition) is 14. The smallest absolute Gasteiger partial charge is 0.330 e. The van der Waals surface area contributed by atoms with Gasteiger partial charge in [0, 0.05) is 70.0 Å². The number of aliphatic hydroxyl groups is 3. The number of cyclic esters (lactones) is 1. The van der Waals surface area contributed by atoms with Crippen LogP contribution in [0, 0.1) is 35.5 Å². The molecule has 1 saturated carbocycles. The third kappa shape index (κ3) is 14.5. The summed E-state index contributed by atoms with van der Waals surface area (Å²) in [6.07, 6.45) is 9.78. The Morgan fingerprint density at radius 1 is 0.892 bits per heavy atom. The lowest BCUT2D eigenvalue weighted by Crippen LogP contribution is -2.61. The Morgan fingerprint density at radius 3 is 2.29 bits per heavy atom. The highest BCUT2D eigenvalue weighted by molar-refractivity contribution is 7.99. The highest BCUT2D eigenvalue weighted by Gasteiger charge is 2.53. The first-order chi connectivity index (χ1) is 30.7. The van der Waals surface area contributed by atoms with Gasteiger partial charge in [0.2, 0.25) is 5.79 Å². The van der Waals surface area contributed by atoms with E-state index < -0.39 is 83.9 Å². The number of fused-ring (bicyclic) bond motifs is 3. The fraction of sp³-hybridized carbons (Fsp3) is 0.740. The normalized spacial score (nSPS) is 40.4. The molecular formula is C50H77NO13S. The lowest BCUT2D eigenvalue weighted by Gasteiger charge is -2.42. The summed E-state index contributed by atoms with van der Waals surface area (Å²) in [4.78, 5) is 71.7. The molecule has 3 heterocycles. The van der Waals surface area contributed by atoms with Crippen LogP contribution < -0.4 is 0 Å². The Hall–Kier alpha value is -3.02. The molecule has 2 bridgehead atoms. The van der Waals surface area contributed by atoms with Crippen molar-refractivity contribution < 1.29 is 63.0 Å². The highest BCUT2D eigenvalue weighted by Crippen LogP contribution is 2.37. The van der Waals surface area contributed by atoms with Gasteiger partial charge >= 0.3 is 5.97 Å². The van der Waals surface area contributed by atoms with E-state index in [0.717, 1.165) is 12.0 Å². The number of ketones is 3. The van der Waals surface area contributed by atoms with Crippen LogP contribution in [0.4, 0.5) is 0 Å². The number of carbonyl (C=O) groups excluding carboxylic acids is 5. The second kappa shape index (κ2) is 25.4. The molecule has 0 aromatic carbocycles. The molecule has 3 fully saturated rings. The van der Waals surface area contributed by atoms with Gasteiger partial charge in [-0.3, -0.25) is 19.2 Å². The molecule has 14 nitrogen and oxygen atoms in total. The SMILES string of the molecule is CO[C@H]1C[C@@H]2CC[C@@H](C)[C@@](O)(O2)C(=O)C(=O)N2CCSC[C@H]2C(=O)O[C@H]([C@H](C)C[C@@H]2CC[C@@H](O)[C@H](OC)C2)CC(=O)[C@H](C)/C=C(\C)[C@@H](O)[C@@H](OC)C(=O)[C@H](C)C[C@H](C)\C=C/C=C/C=C/1C. The average molecular weight is 932 g/mol. The van der Waals surface area contributed by atoms with Crippen molar-refractivity contribution in [2.24, 2.45) is 35.5 Å². The first-order valence-electron chi connectivity index (χ1n) is 23.5. The van der Waals surface area contributed by atoms with Gasteiger partial charge in [-0.15, -0.1) is 0 Å². The van der Waals surface area contributed by atoms with Gasteiger partial charge in [-0.25, -0.2) is 4.79 Å². The van der Waals surface area contributed by atoms with Crippen molar-refractivity contribution in [2.45, 2.75) is 161 Å². The van der Waals surface area contributed by atoms with E-state index in [1.165, 1.54) is 23.8 Å². The molecule has 4 aliphatic rings. The van der Waals surface area contributed by atoms with Crippen LogP contribution in [0.1, 0.15) is 106 Å². The van der Waals surface area contributed by atoms with Crippen molar-refractivity contribution in [3.8, 4) is 0 Å². The maximum atomic E-state index is 14.3. The third-order valence-corrected chi connectivity index (χ3v) is 15.1. The summed E-state index contributed by atoms with van der Waals surface area (Å²) in [7, 11) is 4.51. The van der Waals surface area contributed by atoms with Crippen LogP contribution in [-0.4, -0.2) is 143 Å². The minimum Gasteiger partial charge on any atom is -0.460 e. The number of methoxy groups -OCH3 is 3. The third-order valence-electron chi connectivity index (χ3n) is 14.1. The number of thioether (sulfide) groups is 1. The summed E-state index contributed by atoms with van der Waals surface area (Å²) >= 11 is 1.43. The maximum absolute atomic E-state index is 14.3. The summed E-state index contributed by atoms with van der Waals surface area (Å²) in [5.74, 6) is -7.46. The molecule has 366 valence electrons. The second-order valence-corrected chi connectivity index (χ2v) is 20.3. The molecule has 4 rings (SSSR count). The van der Waals surface area contributed by atoms with E-state index in [9.17, 15) is 39.3 Å². The predicted octanol–water partition coefficient (Wildman–Crippen LogP) is 5.74. The Balaban J connectivity index is 1.70. The van der Waals surface area contributed by atoms with Crippen LogP contribution in [0.25, 0.3) is 0 Å². The van der Waals surface area contributed by atoms with Crippen molar-refractivity contribution in [1.29, 1.82) is 0 Å². The van der Waals surface area contributed by atoms with Crippen LogP contribution in [0.2, 0.25) is 0 Å². The molecule has 0 aromatic rings. The van der Waals surface area contributed by atoms with Crippen molar-refractivity contribution >= 4 is 41.0 Å². The number of hydrogen-bond donors (Lipinski definition) is 3. The summed E-state index contributed by atoms with van der Waals surface area (Å²) in [6, 6.07) is -1.18. The Bertz CT molecular complexity index is 1760. The highest BCUT2D eigenvalue weighted by atomic mass is 32.2. The summed E-state index contributed by atoms with van der Waals surface area (Å²) < 4.78 is 29.3. The van der Waals surface area contributed by atoms with Crippen molar-refractivity contribution in [1.82, 2.24) is 4.90 Å². The van der Waals surface area contributed by atoms with Gasteiger partial charge in [0.25, 0.3) is 11.7 Å². The molecule has 0 radical (unpaired) electrons. The van der Waals surface area contributed by atoms with Crippen molar-refractivity contribution in [2.75, 3.05) is 39.4 Å². The molecule has 3 aliphatic heterocycles. The van der Waals surface area contributed by atoms with Crippen LogP contribution in [0.15, 0.2) is 47.6 Å². The molecule has 15 atom stereocenters. The molecule has 0 spiro atoms. The van der Waals surface area contributed by atoms with Crippen LogP contribution >= 0.6 is 11.8 Å². The number of Topliss-reactive ketones (excluding diaryl/α,β-unsaturated/α-hetero) is 3. The van der Waals surface area contributed by atoms with E-state index in [4.69, 9.17) is 23.7 Å². The molecule has 0 aromatic heterocycles. The minimum absolute atomic E-state index is 0.0182. The number of aliphatic hydroxyl groups excluding tert-OH is 2. The van der Waals surface area contributed by atoms with Gasteiger partial charge in [0.1, 0.15) is 30.1 Å². The van der Waals surface area contributed by atoms with Crippen molar-refractivity contribution in [3.05, 3.63) is 47.6 Å². The van der Waals surface area contributed by atoms with E-state index in [2.05, 4.69) is 0 Å². The molecule has 1 aliphatic carbocycles. The first kappa shape index (κ1) is 54.6. The standard InChI is InChI=1S/C50H77NO13S/c1-29-14-12-11-13-15-30(2)41(60-8)26-37-18-16-35(7)50(59,64-37)47(56)48(57)51-20-21-65-28-38(51)49(58)63-42(32(4)24-36-17-19-39(52)43(25-36)61-9)27-40(53)31(3)23-34(6)45(55)46(62-10)44(54)33(5)22-29/h11-15,23,29,31-33,35-39,41-43,45-46,52,55,59H,16-22,24-28H2,1-10H3/b13-11+,14-12-,30-15+,34-23+/t29-,31-,32-,33-,35-,36+,37+,38+,39-,41+,42+,43-,45-,46+,50-/m1/s1. The molecule has 3 N–H and O–H groups in total. The first-order valence-corrected chi connectivity index (χ1v) is 24.7. The molecule has 0 unspecified atom stereocenters. The maximum Gasteiger partial charge on any atom is 0.330 e. The molecule has 15 heteroatoms.